The molecule has 0 radical (unpaired) electrons. The molecule has 0 bridgehead atoms. The van der Waals surface area contributed by atoms with Gasteiger partial charge in [0.05, 0.1) is 28.5 Å². The lowest BCUT2D eigenvalue weighted by Crippen LogP contribution is -2.30. The first kappa shape index (κ1) is 32.4. The number of rotatable bonds is 13. The van der Waals surface area contributed by atoms with Crippen molar-refractivity contribution in [3.63, 3.8) is 0 Å². The van der Waals surface area contributed by atoms with Crippen LogP contribution in [0.25, 0.3) is 0 Å². The highest BCUT2D eigenvalue weighted by Crippen LogP contribution is 2.36. The van der Waals surface area contributed by atoms with Crippen LogP contribution >= 0.6 is 11.6 Å². The summed E-state index contributed by atoms with van der Waals surface area (Å²) in [6, 6.07) is 15.4. The van der Waals surface area contributed by atoms with Crippen LogP contribution in [0.15, 0.2) is 65.6 Å². The normalized spacial score (nSPS) is 12.9. The third-order valence-electron chi connectivity index (χ3n) is 6.42. The van der Waals surface area contributed by atoms with Gasteiger partial charge in [-0.3, -0.25) is 9.69 Å². The van der Waals surface area contributed by atoms with Crippen LogP contribution in [0.4, 0.5) is 17.6 Å². The van der Waals surface area contributed by atoms with Gasteiger partial charge in [-0.2, -0.15) is 13.2 Å². The van der Waals surface area contributed by atoms with E-state index in [1.165, 1.54) is 6.07 Å². The Bertz CT molecular complexity index is 1470. The lowest BCUT2D eigenvalue weighted by atomic mass is 10.00. The van der Waals surface area contributed by atoms with E-state index in [1.54, 1.807) is 6.07 Å². The number of carbonyl (C=O) groups is 1. The maximum atomic E-state index is 14.6. The molecule has 0 aliphatic carbocycles. The van der Waals surface area contributed by atoms with Crippen LogP contribution in [0.2, 0.25) is 5.02 Å². The van der Waals surface area contributed by atoms with Crippen LogP contribution in [-0.2, 0) is 33.8 Å². The second-order valence-electron chi connectivity index (χ2n) is 9.75. The van der Waals surface area contributed by atoms with E-state index in [4.69, 9.17) is 21.4 Å². The SMILES string of the molecule is CC(CN(CCCOc1cc(F)c(CC(=O)O)c(S(C)(=O)=O)c1)Cc1cccc(C(F)(F)F)c1Cl)c1ccccc1. The number of carboxylic acids is 1. The summed E-state index contributed by atoms with van der Waals surface area (Å²) in [5, 5.41) is 8.67. The first-order valence-electron chi connectivity index (χ1n) is 12.7. The molecule has 1 N–H and O–H groups in total. The highest BCUT2D eigenvalue weighted by Gasteiger charge is 2.34. The first-order chi connectivity index (χ1) is 19.2. The molecule has 6 nitrogen and oxygen atoms in total. The molecule has 3 rings (SSSR count). The smallest absolute Gasteiger partial charge is 0.417 e. The van der Waals surface area contributed by atoms with Gasteiger partial charge >= 0.3 is 12.1 Å². The van der Waals surface area contributed by atoms with Gasteiger partial charge in [-0.25, -0.2) is 12.8 Å². The molecule has 0 aliphatic rings. The van der Waals surface area contributed by atoms with Crippen LogP contribution in [0.5, 0.6) is 5.75 Å². The van der Waals surface area contributed by atoms with Crippen LogP contribution < -0.4 is 4.74 Å². The Morgan fingerprint density at radius 3 is 2.39 bits per heavy atom. The zero-order chi connectivity index (χ0) is 30.4. The van der Waals surface area contributed by atoms with Crippen LogP contribution in [0.3, 0.4) is 0 Å². The molecule has 222 valence electrons. The molecule has 0 saturated carbocycles. The largest absolute Gasteiger partial charge is 0.493 e. The summed E-state index contributed by atoms with van der Waals surface area (Å²) in [6.07, 6.45) is -4.18. The second-order valence-corrected chi connectivity index (χ2v) is 12.1. The lowest BCUT2D eigenvalue weighted by Gasteiger charge is -2.27. The average Bonchev–Trinajstić information content (AvgIpc) is 2.88. The van der Waals surface area contributed by atoms with E-state index in [0.29, 0.717) is 25.1 Å². The quantitative estimate of drug-likeness (QED) is 0.172. The monoisotopic (exact) mass is 615 g/mol. The molecule has 0 aliphatic heterocycles. The van der Waals surface area contributed by atoms with Gasteiger partial charge < -0.3 is 9.84 Å². The van der Waals surface area contributed by atoms with Crippen molar-refractivity contribution >= 4 is 27.4 Å². The molecule has 0 fully saturated rings. The number of hydrogen-bond donors (Lipinski definition) is 1. The van der Waals surface area contributed by atoms with Crippen molar-refractivity contribution in [2.24, 2.45) is 0 Å². The topological polar surface area (TPSA) is 83.9 Å². The van der Waals surface area contributed by atoms with Crippen molar-refractivity contribution in [2.45, 2.75) is 43.3 Å². The standard InChI is InChI=1S/C29H30ClF4NO5S/c1-19(20-8-4-3-5-9-20)17-35(18-21-10-6-11-24(28(21)30)29(32,33)34)12-7-13-40-22-14-25(31)23(16-27(36)37)26(15-22)41(2,38)39/h3-6,8-11,14-15,19H,7,12-13,16-18H2,1-2H3,(H,36,37). The van der Waals surface area contributed by atoms with E-state index in [-0.39, 0.29) is 29.8 Å². The summed E-state index contributed by atoms with van der Waals surface area (Å²) in [6.45, 7) is 3.04. The molecule has 12 heteroatoms. The molecule has 3 aromatic carbocycles. The Morgan fingerprint density at radius 2 is 1.78 bits per heavy atom. The van der Waals surface area contributed by atoms with Gasteiger partial charge in [0.1, 0.15) is 11.6 Å². The summed E-state index contributed by atoms with van der Waals surface area (Å²) in [5.41, 5.74) is 0.00294. The number of carboxylic acid groups (broad SMARTS) is 1. The van der Waals surface area contributed by atoms with Crippen molar-refractivity contribution in [1.29, 1.82) is 0 Å². The van der Waals surface area contributed by atoms with Crippen molar-refractivity contribution in [3.8, 4) is 5.75 Å². The zero-order valence-electron chi connectivity index (χ0n) is 22.4. The number of sulfone groups is 1. The fraction of sp³-hybridized carbons (Fsp3) is 0.345. The molecule has 1 unspecified atom stereocenters. The highest BCUT2D eigenvalue weighted by molar-refractivity contribution is 7.90. The Hall–Kier alpha value is -3.15. The number of ether oxygens (including phenoxy) is 1. The van der Waals surface area contributed by atoms with Crippen molar-refractivity contribution in [3.05, 3.63) is 93.8 Å². The summed E-state index contributed by atoms with van der Waals surface area (Å²) in [5.74, 6) is -2.44. The number of alkyl halides is 3. The summed E-state index contributed by atoms with van der Waals surface area (Å²) < 4.78 is 84.8. The van der Waals surface area contributed by atoms with E-state index >= 15 is 0 Å². The predicted octanol–water partition coefficient (Wildman–Crippen LogP) is 6.60. The number of nitrogens with zero attached hydrogens (tertiary/aromatic N) is 1. The predicted molar refractivity (Wildman–Crippen MR) is 148 cm³/mol. The van der Waals surface area contributed by atoms with E-state index < -0.39 is 50.2 Å². The van der Waals surface area contributed by atoms with Gasteiger partial charge in [0.2, 0.25) is 0 Å². The van der Waals surface area contributed by atoms with Gasteiger partial charge in [-0.15, -0.1) is 0 Å². The Morgan fingerprint density at radius 1 is 1.10 bits per heavy atom. The minimum Gasteiger partial charge on any atom is -0.493 e. The molecule has 0 heterocycles. The second kappa shape index (κ2) is 13.7. The maximum Gasteiger partial charge on any atom is 0.417 e. The number of halogens is 5. The third-order valence-corrected chi connectivity index (χ3v) is 8.03. The van der Waals surface area contributed by atoms with Crippen LogP contribution in [0, 0.1) is 5.82 Å². The zero-order valence-corrected chi connectivity index (χ0v) is 24.0. The lowest BCUT2D eigenvalue weighted by molar-refractivity contribution is -0.138. The van der Waals surface area contributed by atoms with Gasteiger partial charge in [0.15, 0.2) is 9.84 Å². The van der Waals surface area contributed by atoms with Crippen LogP contribution in [-0.4, -0.2) is 50.3 Å². The van der Waals surface area contributed by atoms with E-state index in [0.717, 1.165) is 30.0 Å². The van der Waals surface area contributed by atoms with Gasteiger partial charge in [-0.05, 0) is 35.6 Å². The highest BCUT2D eigenvalue weighted by atomic mass is 35.5. The minimum absolute atomic E-state index is 0.0352. The van der Waals surface area contributed by atoms with Crippen molar-refractivity contribution in [1.82, 2.24) is 4.90 Å². The minimum atomic E-state index is -4.59. The number of hydrogen-bond acceptors (Lipinski definition) is 5. The molecular formula is C29H30ClF4NO5S. The Labute approximate surface area is 241 Å². The van der Waals surface area contributed by atoms with Crippen molar-refractivity contribution in [2.75, 3.05) is 26.0 Å². The molecule has 1 atom stereocenters. The van der Waals surface area contributed by atoms with E-state index in [1.807, 2.05) is 42.2 Å². The molecular weight excluding hydrogens is 586 g/mol. The summed E-state index contributed by atoms with van der Waals surface area (Å²) >= 11 is 6.15. The Kier molecular flexibility index (Phi) is 10.8. The van der Waals surface area contributed by atoms with E-state index in [9.17, 15) is 30.8 Å². The van der Waals surface area contributed by atoms with E-state index in [2.05, 4.69) is 0 Å². The van der Waals surface area contributed by atoms with Gasteiger partial charge in [0, 0.05) is 37.5 Å². The fourth-order valence-corrected chi connectivity index (χ4v) is 5.71. The first-order valence-corrected chi connectivity index (χ1v) is 14.9. The molecule has 0 aromatic heterocycles. The molecule has 0 amide bonds. The molecule has 0 saturated heterocycles. The third kappa shape index (κ3) is 9.17. The number of aliphatic carboxylic acids is 1. The maximum absolute atomic E-state index is 14.6. The number of benzene rings is 3. The molecule has 0 spiro atoms. The Balaban J connectivity index is 1.76. The molecule has 3 aromatic rings. The van der Waals surface area contributed by atoms with Gasteiger partial charge in [0.25, 0.3) is 0 Å². The fourth-order valence-electron chi connectivity index (χ4n) is 4.47. The molecule has 41 heavy (non-hydrogen) atoms. The van der Waals surface area contributed by atoms with Gasteiger partial charge in [-0.1, -0.05) is 61.0 Å². The average molecular weight is 616 g/mol. The summed E-state index contributed by atoms with van der Waals surface area (Å²) in [7, 11) is -3.94. The van der Waals surface area contributed by atoms with Crippen molar-refractivity contribution < 1.29 is 40.6 Å². The summed E-state index contributed by atoms with van der Waals surface area (Å²) in [4.78, 5) is 12.6. The van der Waals surface area contributed by atoms with Crippen LogP contribution in [0.1, 0.15) is 41.5 Å².